The molecule has 3 heterocycles. The quantitative estimate of drug-likeness (QED) is 0.705. The third-order valence-electron chi connectivity index (χ3n) is 3.22. The number of hydrogen-bond acceptors (Lipinski definition) is 8. The molecular formula is C15H17N7O. The number of pyridine rings is 1. The molecule has 1 atom stereocenters. The fraction of sp³-hybridized carbons (Fsp3) is 0.267. The number of aromatic nitrogens is 5. The van der Waals surface area contributed by atoms with E-state index in [1.165, 1.54) is 6.33 Å². The van der Waals surface area contributed by atoms with E-state index in [4.69, 9.17) is 10.3 Å². The fourth-order valence-electron chi connectivity index (χ4n) is 2.07. The molecule has 3 aromatic heterocycles. The molecule has 0 saturated carbocycles. The van der Waals surface area contributed by atoms with Gasteiger partial charge in [0.25, 0.3) is 0 Å². The zero-order valence-corrected chi connectivity index (χ0v) is 12.7. The van der Waals surface area contributed by atoms with Gasteiger partial charge in [-0.1, -0.05) is 5.16 Å². The van der Waals surface area contributed by atoms with Crippen molar-refractivity contribution in [1.29, 1.82) is 0 Å². The molecule has 0 bridgehead atoms. The lowest BCUT2D eigenvalue weighted by Crippen LogP contribution is -2.10. The SMILES string of the molecule is CC(Nc1cc(CCN)ncn1)c1nc(-c2cccnc2)no1. The Morgan fingerprint density at radius 1 is 1.35 bits per heavy atom. The van der Waals surface area contributed by atoms with Crippen molar-refractivity contribution >= 4 is 5.82 Å². The molecular weight excluding hydrogens is 294 g/mol. The van der Waals surface area contributed by atoms with Crippen LogP contribution >= 0.6 is 0 Å². The van der Waals surface area contributed by atoms with E-state index < -0.39 is 0 Å². The summed E-state index contributed by atoms with van der Waals surface area (Å²) in [5.74, 6) is 1.67. The molecule has 8 heteroatoms. The molecule has 0 aliphatic carbocycles. The summed E-state index contributed by atoms with van der Waals surface area (Å²) in [6, 6.07) is 5.38. The van der Waals surface area contributed by atoms with E-state index in [1.807, 2.05) is 25.1 Å². The average Bonchev–Trinajstić information content (AvgIpc) is 3.06. The normalized spacial score (nSPS) is 12.1. The van der Waals surface area contributed by atoms with Gasteiger partial charge in [-0.05, 0) is 25.6 Å². The summed E-state index contributed by atoms with van der Waals surface area (Å²) in [4.78, 5) is 16.8. The van der Waals surface area contributed by atoms with Crippen LogP contribution in [-0.2, 0) is 6.42 Å². The number of nitrogens with two attached hydrogens (primary N) is 1. The van der Waals surface area contributed by atoms with Crippen molar-refractivity contribution in [1.82, 2.24) is 25.1 Å². The van der Waals surface area contributed by atoms with Crippen molar-refractivity contribution in [3.63, 3.8) is 0 Å². The minimum atomic E-state index is -0.187. The molecule has 0 aliphatic heterocycles. The topological polar surface area (TPSA) is 116 Å². The van der Waals surface area contributed by atoms with Crippen molar-refractivity contribution in [3.05, 3.63) is 48.5 Å². The smallest absolute Gasteiger partial charge is 0.249 e. The Balaban J connectivity index is 1.72. The van der Waals surface area contributed by atoms with Crippen LogP contribution in [0.15, 0.2) is 41.4 Å². The lowest BCUT2D eigenvalue weighted by atomic mass is 10.2. The first-order valence-electron chi connectivity index (χ1n) is 7.28. The van der Waals surface area contributed by atoms with Gasteiger partial charge in [-0.3, -0.25) is 4.98 Å². The molecule has 23 heavy (non-hydrogen) atoms. The molecule has 3 rings (SSSR count). The maximum atomic E-state index is 5.54. The number of anilines is 1. The maximum Gasteiger partial charge on any atom is 0.249 e. The summed E-state index contributed by atoms with van der Waals surface area (Å²) in [6.45, 7) is 2.47. The molecule has 118 valence electrons. The van der Waals surface area contributed by atoms with Gasteiger partial charge in [0.2, 0.25) is 11.7 Å². The molecule has 8 nitrogen and oxygen atoms in total. The molecule has 0 aromatic carbocycles. The Kier molecular flexibility index (Phi) is 4.53. The maximum absolute atomic E-state index is 5.54. The highest BCUT2D eigenvalue weighted by molar-refractivity contribution is 5.52. The van der Waals surface area contributed by atoms with Gasteiger partial charge >= 0.3 is 0 Å². The lowest BCUT2D eigenvalue weighted by molar-refractivity contribution is 0.367. The van der Waals surface area contributed by atoms with Crippen molar-refractivity contribution in [2.45, 2.75) is 19.4 Å². The van der Waals surface area contributed by atoms with E-state index in [0.29, 0.717) is 30.5 Å². The monoisotopic (exact) mass is 311 g/mol. The Labute approximate surface area is 133 Å². The minimum Gasteiger partial charge on any atom is -0.359 e. The highest BCUT2D eigenvalue weighted by Crippen LogP contribution is 2.20. The van der Waals surface area contributed by atoms with Crippen molar-refractivity contribution in [3.8, 4) is 11.4 Å². The van der Waals surface area contributed by atoms with Gasteiger partial charge in [0, 0.05) is 36.1 Å². The third-order valence-corrected chi connectivity index (χ3v) is 3.22. The first-order chi connectivity index (χ1) is 11.3. The number of rotatable bonds is 6. The minimum absolute atomic E-state index is 0.187. The van der Waals surface area contributed by atoms with Crippen LogP contribution in [0.2, 0.25) is 0 Å². The molecule has 0 amide bonds. The van der Waals surface area contributed by atoms with E-state index in [9.17, 15) is 0 Å². The molecule has 0 fully saturated rings. The molecule has 0 saturated heterocycles. The lowest BCUT2D eigenvalue weighted by Gasteiger charge is -2.10. The van der Waals surface area contributed by atoms with Crippen molar-refractivity contribution < 1.29 is 4.52 Å². The highest BCUT2D eigenvalue weighted by Gasteiger charge is 2.16. The Bertz CT molecular complexity index is 759. The first kappa shape index (κ1) is 15.0. The van der Waals surface area contributed by atoms with Gasteiger partial charge in [0.1, 0.15) is 18.2 Å². The van der Waals surface area contributed by atoms with E-state index in [0.717, 1.165) is 11.3 Å². The second-order valence-corrected chi connectivity index (χ2v) is 5.00. The Morgan fingerprint density at radius 3 is 3.04 bits per heavy atom. The van der Waals surface area contributed by atoms with Crippen molar-refractivity contribution in [2.75, 3.05) is 11.9 Å². The number of nitrogens with one attached hydrogen (secondary N) is 1. The van der Waals surface area contributed by atoms with E-state index in [-0.39, 0.29) is 6.04 Å². The average molecular weight is 311 g/mol. The Morgan fingerprint density at radius 2 is 2.26 bits per heavy atom. The summed E-state index contributed by atoms with van der Waals surface area (Å²) in [5, 5.41) is 7.20. The van der Waals surface area contributed by atoms with Crippen LogP contribution in [0.5, 0.6) is 0 Å². The second kappa shape index (κ2) is 6.93. The van der Waals surface area contributed by atoms with Crippen LogP contribution in [0.3, 0.4) is 0 Å². The fourth-order valence-corrected chi connectivity index (χ4v) is 2.07. The van der Waals surface area contributed by atoms with Crippen LogP contribution in [0, 0.1) is 0 Å². The van der Waals surface area contributed by atoms with E-state index in [2.05, 4.69) is 30.4 Å². The number of hydrogen-bond donors (Lipinski definition) is 2. The van der Waals surface area contributed by atoms with E-state index in [1.54, 1.807) is 12.4 Å². The van der Waals surface area contributed by atoms with Gasteiger partial charge in [0.15, 0.2) is 0 Å². The van der Waals surface area contributed by atoms with Crippen LogP contribution < -0.4 is 11.1 Å². The van der Waals surface area contributed by atoms with Gasteiger partial charge in [-0.15, -0.1) is 0 Å². The van der Waals surface area contributed by atoms with Crippen LogP contribution in [0.4, 0.5) is 5.82 Å². The van der Waals surface area contributed by atoms with E-state index >= 15 is 0 Å². The zero-order chi connectivity index (χ0) is 16.1. The Hall–Kier alpha value is -2.87. The van der Waals surface area contributed by atoms with Gasteiger partial charge in [0.05, 0.1) is 0 Å². The predicted octanol–water partition coefficient (Wildman–Crippen LogP) is 1.60. The van der Waals surface area contributed by atoms with Gasteiger partial charge < -0.3 is 15.6 Å². The summed E-state index contributed by atoms with van der Waals surface area (Å²) >= 11 is 0. The molecule has 1 unspecified atom stereocenters. The second-order valence-electron chi connectivity index (χ2n) is 5.00. The molecule has 3 N–H and O–H groups in total. The number of nitrogens with zero attached hydrogens (tertiary/aromatic N) is 5. The largest absolute Gasteiger partial charge is 0.359 e. The third kappa shape index (κ3) is 3.67. The van der Waals surface area contributed by atoms with Gasteiger partial charge in [-0.2, -0.15) is 4.98 Å². The van der Waals surface area contributed by atoms with Crippen molar-refractivity contribution in [2.24, 2.45) is 5.73 Å². The highest BCUT2D eigenvalue weighted by atomic mass is 16.5. The predicted molar refractivity (Wildman–Crippen MR) is 84.4 cm³/mol. The van der Waals surface area contributed by atoms with Crippen LogP contribution in [0.25, 0.3) is 11.4 Å². The van der Waals surface area contributed by atoms with Crippen LogP contribution in [-0.4, -0.2) is 31.6 Å². The first-order valence-corrected chi connectivity index (χ1v) is 7.28. The summed E-state index contributed by atoms with van der Waals surface area (Å²) < 4.78 is 5.32. The summed E-state index contributed by atoms with van der Waals surface area (Å²) in [5.41, 5.74) is 7.24. The summed E-state index contributed by atoms with van der Waals surface area (Å²) in [6.07, 6.45) is 5.60. The zero-order valence-electron chi connectivity index (χ0n) is 12.7. The summed E-state index contributed by atoms with van der Waals surface area (Å²) in [7, 11) is 0. The molecule has 0 radical (unpaired) electrons. The molecule has 0 aliphatic rings. The molecule has 3 aromatic rings. The standard InChI is InChI=1S/C15H17N7O/c1-10(20-13-7-12(4-5-16)18-9-19-13)15-21-14(22-23-15)11-3-2-6-17-8-11/h2-3,6-10H,4-5,16H2,1H3,(H,18,19,20). The molecule has 0 spiro atoms. The van der Waals surface area contributed by atoms with Crippen LogP contribution in [0.1, 0.15) is 24.6 Å². The van der Waals surface area contributed by atoms with Gasteiger partial charge in [-0.25, -0.2) is 9.97 Å².